The maximum Gasteiger partial charge on any atom is 0.416 e. The van der Waals surface area contributed by atoms with Gasteiger partial charge in [-0.05, 0) is 24.5 Å². The van der Waals surface area contributed by atoms with E-state index in [2.05, 4.69) is 14.8 Å². The summed E-state index contributed by atoms with van der Waals surface area (Å²) in [7, 11) is 0. The number of hydrogen-bond acceptors (Lipinski definition) is 5. The van der Waals surface area contributed by atoms with Crippen molar-refractivity contribution in [1.82, 2.24) is 14.9 Å². The fourth-order valence-corrected chi connectivity index (χ4v) is 4.86. The number of rotatable bonds is 3. The number of halogens is 3. The first-order chi connectivity index (χ1) is 14.0. The average molecular weight is 404 g/mol. The van der Waals surface area contributed by atoms with E-state index in [1.165, 1.54) is 12.1 Å². The van der Waals surface area contributed by atoms with Crippen LogP contribution in [0.2, 0.25) is 0 Å². The van der Waals surface area contributed by atoms with Gasteiger partial charge in [0.1, 0.15) is 0 Å². The molecule has 2 bridgehead atoms. The molecule has 1 aromatic carbocycles. The third-order valence-electron chi connectivity index (χ3n) is 6.29. The minimum Gasteiger partial charge on any atom is -0.378 e. The van der Waals surface area contributed by atoms with E-state index in [4.69, 9.17) is 9.72 Å². The zero-order valence-corrected chi connectivity index (χ0v) is 16.0. The summed E-state index contributed by atoms with van der Waals surface area (Å²) >= 11 is 0. The number of hydrogen-bond donors (Lipinski definition) is 0. The van der Waals surface area contributed by atoms with Crippen molar-refractivity contribution in [3.8, 4) is 0 Å². The second-order valence-electron chi connectivity index (χ2n) is 7.95. The molecular formula is C21H23F3N4O. The van der Waals surface area contributed by atoms with Gasteiger partial charge in [0.2, 0.25) is 5.95 Å². The molecule has 1 aromatic heterocycles. The van der Waals surface area contributed by atoms with E-state index in [9.17, 15) is 13.2 Å². The molecule has 8 heteroatoms. The number of anilines is 1. The molecule has 2 fully saturated rings. The van der Waals surface area contributed by atoms with Crippen LogP contribution in [0.4, 0.5) is 19.1 Å². The van der Waals surface area contributed by atoms with Gasteiger partial charge in [-0.1, -0.05) is 18.2 Å². The number of ether oxygens (including phenoxy) is 1. The van der Waals surface area contributed by atoms with Crippen molar-refractivity contribution in [3.63, 3.8) is 0 Å². The molecule has 3 aliphatic rings. The van der Waals surface area contributed by atoms with E-state index < -0.39 is 11.7 Å². The van der Waals surface area contributed by atoms with E-state index in [1.54, 1.807) is 12.1 Å². The third-order valence-corrected chi connectivity index (χ3v) is 6.29. The molecule has 0 N–H and O–H groups in total. The summed E-state index contributed by atoms with van der Waals surface area (Å²) in [6.45, 7) is 3.23. The van der Waals surface area contributed by atoms with Crippen molar-refractivity contribution in [2.75, 3.05) is 31.2 Å². The molecule has 29 heavy (non-hydrogen) atoms. The van der Waals surface area contributed by atoms with Crippen LogP contribution >= 0.6 is 0 Å². The molecule has 0 radical (unpaired) electrons. The molecule has 4 heterocycles. The maximum absolute atomic E-state index is 13.4. The Morgan fingerprint density at radius 2 is 1.90 bits per heavy atom. The van der Waals surface area contributed by atoms with E-state index in [0.29, 0.717) is 25.3 Å². The number of fused-ring (bicyclic) bond motifs is 4. The minimum atomic E-state index is -4.33. The van der Waals surface area contributed by atoms with E-state index >= 15 is 0 Å². The van der Waals surface area contributed by atoms with E-state index in [-0.39, 0.29) is 12.1 Å². The van der Waals surface area contributed by atoms with Gasteiger partial charge in [0.15, 0.2) is 0 Å². The Morgan fingerprint density at radius 1 is 1.10 bits per heavy atom. The van der Waals surface area contributed by atoms with Gasteiger partial charge < -0.3 is 9.64 Å². The van der Waals surface area contributed by atoms with Gasteiger partial charge in [-0.25, -0.2) is 9.97 Å². The van der Waals surface area contributed by atoms with Gasteiger partial charge in [0.25, 0.3) is 0 Å². The molecule has 5 rings (SSSR count). The SMILES string of the molecule is FC(F)(F)c1ccccc1CN1[C@H]2CC[C@@H]1c1cnc(N3CCOCC3)nc1C2. The number of morpholine rings is 1. The topological polar surface area (TPSA) is 41.5 Å². The summed E-state index contributed by atoms with van der Waals surface area (Å²) in [5.74, 6) is 0.738. The molecule has 0 saturated carbocycles. The number of benzene rings is 1. The van der Waals surface area contributed by atoms with Gasteiger partial charge in [0.05, 0.1) is 24.5 Å². The van der Waals surface area contributed by atoms with E-state index in [1.807, 2.05) is 6.20 Å². The van der Waals surface area contributed by atoms with Gasteiger partial charge in [-0.15, -0.1) is 0 Å². The lowest BCUT2D eigenvalue weighted by molar-refractivity contribution is -0.138. The predicted molar refractivity (Wildman–Crippen MR) is 102 cm³/mol. The number of nitrogens with zero attached hydrogens (tertiary/aromatic N) is 4. The van der Waals surface area contributed by atoms with Crippen LogP contribution in [0.15, 0.2) is 30.5 Å². The van der Waals surface area contributed by atoms with Crippen LogP contribution in [-0.4, -0.2) is 47.2 Å². The molecular weight excluding hydrogens is 381 g/mol. The van der Waals surface area contributed by atoms with Crippen LogP contribution in [0.25, 0.3) is 0 Å². The Kier molecular flexibility index (Phi) is 4.70. The molecule has 2 atom stereocenters. The largest absolute Gasteiger partial charge is 0.416 e. The lowest BCUT2D eigenvalue weighted by Gasteiger charge is -2.36. The van der Waals surface area contributed by atoms with Gasteiger partial charge in [0, 0.05) is 49.9 Å². The molecule has 2 saturated heterocycles. The molecule has 0 aliphatic carbocycles. The second kappa shape index (κ2) is 7.25. The average Bonchev–Trinajstić information content (AvgIpc) is 3.00. The Morgan fingerprint density at radius 3 is 2.69 bits per heavy atom. The molecule has 154 valence electrons. The van der Waals surface area contributed by atoms with Gasteiger partial charge in [-0.3, -0.25) is 4.90 Å². The zero-order valence-electron chi connectivity index (χ0n) is 16.0. The molecule has 3 aliphatic heterocycles. The Hall–Kier alpha value is -2.19. The summed E-state index contributed by atoms with van der Waals surface area (Å²) in [5, 5.41) is 0. The highest BCUT2D eigenvalue weighted by Crippen LogP contribution is 2.45. The maximum atomic E-state index is 13.4. The van der Waals surface area contributed by atoms with Gasteiger partial charge in [-0.2, -0.15) is 13.2 Å². The zero-order chi connectivity index (χ0) is 20.0. The lowest BCUT2D eigenvalue weighted by atomic mass is 9.97. The Bertz CT molecular complexity index is 898. The number of alkyl halides is 3. The van der Waals surface area contributed by atoms with Crippen molar-refractivity contribution < 1.29 is 17.9 Å². The van der Waals surface area contributed by atoms with Crippen LogP contribution in [0.3, 0.4) is 0 Å². The third kappa shape index (κ3) is 3.48. The van der Waals surface area contributed by atoms with Crippen molar-refractivity contribution in [1.29, 1.82) is 0 Å². The fourth-order valence-electron chi connectivity index (χ4n) is 4.86. The quantitative estimate of drug-likeness (QED) is 0.782. The smallest absolute Gasteiger partial charge is 0.378 e. The van der Waals surface area contributed by atoms with Crippen molar-refractivity contribution in [2.24, 2.45) is 0 Å². The van der Waals surface area contributed by atoms with E-state index in [0.717, 1.165) is 49.6 Å². The van der Waals surface area contributed by atoms with Crippen LogP contribution in [0.1, 0.15) is 41.3 Å². The first-order valence-electron chi connectivity index (χ1n) is 10.1. The molecule has 0 unspecified atom stereocenters. The standard InChI is InChI=1S/C21H23F3N4O/c22-21(23,24)17-4-2-1-3-14(17)13-28-15-5-6-19(28)16-12-25-20(26-18(16)11-15)27-7-9-29-10-8-27/h1-4,12,15,19H,5-11,13H2/t15-,19+/m0/s1. The molecule has 2 aromatic rings. The summed E-state index contributed by atoms with van der Waals surface area (Å²) in [6.07, 6.45) is 0.232. The highest BCUT2D eigenvalue weighted by molar-refractivity contribution is 5.38. The van der Waals surface area contributed by atoms with Crippen molar-refractivity contribution >= 4 is 5.95 Å². The summed E-state index contributed by atoms with van der Waals surface area (Å²) in [4.78, 5) is 13.8. The number of aromatic nitrogens is 2. The first kappa shape index (κ1) is 18.8. The van der Waals surface area contributed by atoms with Crippen molar-refractivity contribution in [2.45, 2.75) is 44.1 Å². The van der Waals surface area contributed by atoms with Crippen LogP contribution in [-0.2, 0) is 23.9 Å². The van der Waals surface area contributed by atoms with Crippen molar-refractivity contribution in [3.05, 3.63) is 52.8 Å². The summed E-state index contributed by atoms with van der Waals surface area (Å²) in [6, 6.07) is 6.21. The normalized spacial score (nSPS) is 24.6. The van der Waals surface area contributed by atoms with Crippen LogP contribution < -0.4 is 4.90 Å². The Balaban J connectivity index is 1.41. The molecule has 5 nitrogen and oxygen atoms in total. The minimum absolute atomic E-state index is 0.0868. The highest BCUT2D eigenvalue weighted by Gasteiger charge is 2.42. The summed E-state index contributed by atoms with van der Waals surface area (Å²) < 4.78 is 45.7. The summed E-state index contributed by atoms with van der Waals surface area (Å²) in [5.41, 5.74) is 1.92. The monoisotopic (exact) mass is 404 g/mol. The van der Waals surface area contributed by atoms with Gasteiger partial charge >= 0.3 is 6.18 Å². The first-order valence-corrected chi connectivity index (χ1v) is 10.1. The predicted octanol–water partition coefficient (Wildman–Crippen LogP) is 3.59. The molecule has 0 amide bonds. The van der Waals surface area contributed by atoms with Crippen LogP contribution in [0.5, 0.6) is 0 Å². The fraction of sp³-hybridized carbons (Fsp3) is 0.524. The van der Waals surface area contributed by atoms with Crippen LogP contribution in [0, 0.1) is 0 Å². The highest BCUT2D eigenvalue weighted by atomic mass is 19.4. The Labute approximate surface area is 167 Å². The second-order valence-corrected chi connectivity index (χ2v) is 7.95. The lowest BCUT2D eigenvalue weighted by Crippen LogP contribution is -2.40. The molecule has 0 spiro atoms.